The number of ether oxygens (including phenoxy) is 2. The lowest BCUT2D eigenvalue weighted by Gasteiger charge is -2.23. The number of nitrogens with zero attached hydrogens (tertiary/aromatic N) is 1. The Bertz CT molecular complexity index is 763. The zero-order valence-corrected chi connectivity index (χ0v) is 16.6. The fraction of sp³-hybridized carbons (Fsp3) is 0.500. The number of para-hydroxylation sites is 1. The van der Waals surface area contributed by atoms with Crippen molar-refractivity contribution in [2.24, 2.45) is 5.92 Å². The summed E-state index contributed by atoms with van der Waals surface area (Å²) in [5, 5.41) is 1.94. The van der Waals surface area contributed by atoms with E-state index in [9.17, 15) is 19.2 Å². The average molecular weight is 390 g/mol. The Hall–Kier alpha value is -2.90. The third-order valence-electron chi connectivity index (χ3n) is 4.90. The van der Waals surface area contributed by atoms with Gasteiger partial charge in [-0.2, -0.15) is 0 Å². The maximum Gasteiger partial charge on any atom is 0.413 e. The highest BCUT2D eigenvalue weighted by Gasteiger charge is 2.38. The van der Waals surface area contributed by atoms with Crippen molar-refractivity contribution < 1.29 is 28.7 Å². The number of hydrogen-bond donors (Lipinski definition) is 1. The molecule has 1 N–H and O–H groups in total. The Labute approximate surface area is 164 Å². The lowest BCUT2D eigenvalue weighted by molar-refractivity contribution is -0.158. The van der Waals surface area contributed by atoms with Gasteiger partial charge < -0.3 is 14.4 Å². The van der Waals surface area contributed by atoms with Crippen LogP contribution >= 0.6 is 0 Å². The van der Waals surface area contributed by atoms with Crippen molar-refractivity contribution in [3.63, 3.8) is 0 Å². The molecule has 3 atom stereocenters. The molecule has 0 saturated carbocycles. The minimum atomic E-state index is -1.18. The second-order valence-corrected chi connectivity index (χ2v) is 6.83. The van der Waals surface area contributed by atoms with Crippen molar-refractivity contribution >= 4 is 29.6 Å². The van der Waals surface area contributed by atoms with E-state index in [1.165, 1.54) is 6.92 Å². The van der Waals surface area contributed by atoms with Crippen LogP contribution in [0.5, 0.6) is 0 Å². The summed E-state index contributed by atoms with van der Waals surface area (Å²) < 4.78 is 9.47. The van der Waals surface area contributed by atoms with E-state index in [0.717, 1.165) is 24.8 Å². The SMILES string of the molecule is CC[C@H](C)c1ccccc1N1C[C@H](C(=O)O[C@@H](C)C(=O)NC(=O)OC)CC1=O. The Morgan fingerprint density at radius 2 is 1.93 bits per heavy atom. The van der Waals surface area contributed by atoms with Crippen molar-refractivity contribution in [1.82, 2.24) is 5.32 Å². The normalized spacial score (nSPS) is 18.4. The van der Waals surface area contributed by atoms with Gasteiger partial charge in [-0.05, 0) is 30.9 Å². The van der Waals surface area contributed by atoms with Crippen LogP contribution in [0.3, 0.4) is 0 Å². The molecular formula is C20H26N2O6. The zero-order valence-electron chi connectivity index (χ0n) is 16.6. The fourth-order valence-electron chi connectivity index (χ4n) is 3.05. The first-order valence-corrected chi connectivity index (χ1v) is 9.27. The van der Waals surface area contributed by atoms with Crippen LogP contribution in [0.4, 0.5) is 10.5 Å². The fourth-order valence-corrected chi connectivity index (χ4v) is 3.05. The van der Waals surface area contributed by atoms with Gasteiger partial charge in [0.05, 0.1) is 13.0 Å². The Morgan fingerprint density at radius 3 is 2.57 bits per heavy atom. The smallest absolute Gasteiger partial charge is 0.413 e. The summed E-state index contributed by atoms with van der Waals surface area (Å²) in [7, 11) is 1.12. The van der Waals surface area contributed by atoms with Crippen LogP contribution in [0.15, 0.2) is 24.3 Å². The number of hydrogen-bond acceptors (Lipinski definition) is 6. The quantitative estimate of drug-likeness (QED) is 0.748. The molecule has 1 aliphatic rings. The maximum atomic E-state index is 12.5. The number of imide groups is 1. The second kappa shape index (κ2) is 9.34. The van der Waals surface area contributed by atoms with Crippen molar-refractivity contribution in [2.45, 2.75) is 45.6 Å². The summed E-state index contributed by atoms with van der Waals surface area (Å²) in [6.07, 6.45) is -1.17. The van der Waals surface area contributed by atoms with Gasteiger partial charge >= 0.3 is 12.1 Å². The largest absolute Gasteiger partial charge is 0.453 e. The molecule has 0 radical (unpaired) electrons. The number of carbonyl (C=O) groups is 4. The molecule has 0 aromatic heterocycles. The summed E-state index contributed by atoms with van der Waals surface area (Å²) in [5.74, 6) is -2.00. The molecule has 152 valence electrons. The summed E-state index contributed by atoms with van der Waals surface area (Å²) in [5.41, 5.74) is 1.85. The van der Waals surface area contributed by atoms with Crippen molar-refractivity contribution in [3.8, 4) is 0 Å². The molecule has 1 aliphatic heterocycles. The van der Waals surface area contributed by atoms with Gasteiger partial charge in [0.15, 0.2) is 6.10 Å². The first kappa shape index (κ1) is 21.4. The number of benzene rings is 1. The van der Waals surface area contributed by atoms with Crippen LogP contribution in [0.25, 0.3) is 0 Å². The predicted molar refractivity (Wildman–Crippen MR) is 102 cm³/mol. The van der Waals surface area contributed by atoms with E-state index < -0.39 is 30.0 Å². The van der Waals surface area contributed by atoms with Gasteiger partial charge in [-0.15, -0.1) is 0 Å². The van der Waals surface area contributed by atoms with Gasteiger partial charge in [0.2, 0.25) is 5.91 Å². The molecule has 2 rings (SSSR count). The van der Waals surface area contributed by atoms with E-state index in [-0.39, 0.29) is 24.8 Å². The first-order valence-electron chi connectivity index (χ1n) is 9.27. The minimum Gasteiger partial charge on any atom is -0.453 e. The number of alkyl carbamates (subject to hydrolysis) is 1. The minimum absolute atomic E-state index is 0.0129. The number of rotatable bonds is 6. The molecular weight excluding hydrogens is 364 g/mol. The number of carbonyl (C=O) groups excluding carboxylic acids is 4. The molecule has 8 heteroatoms. The molecule has 1 aromatic rings. The number of nitrogens with one attached hydrogen (secondary N) is 1. The van der Waals surface area contributed by atoms with E-state index in [4.69, 9.17) is 4.74 Å². The van der Waals surface area contributed by atoms with Gasteiger partial charge in [-0.25, -0.2) is 4.79 Å². The van der Waals surface area contributed by atoms with Crippen LogP contribution in [0.1, 0.15) is 45.1 Å². The Kier molecular flexibility index (Phi) is 7.14. The molecule has 28 heavy (non-hydrogen) atoms. The van der Waals surface area contributed by atoms with E-state index in [2.05, 4.69) is 18.6 Å². The molecule has 8 nitrogen and oxygen atoms in total. The van der Waals surface area contributed by atoms with Crippen LogP contribution in [-0.2, 0) is 23.9 Å². The Morgan fingerprint density at radius 1 is 1.25 bits per heavy atom. The molecule has 0 aliphatic carbocycles. The van der Waals surface area contributed by atoms with Gasteiger partial charge in [0.25, 0.3) is 5.91 Å². The summed E-state index contributed by atoms with van der Waals surface area (Å²) in [6, 6.07) is 7.65. The number of esters is 1. The summed E-state index contributed by atoms with van der Waals surface area (Å²) >= 11 is 0. The molecule has 1 saturated heterocycles. The molecule has 1 fully saturated rings. The van der Waals surface area contributed by atoms with Gasteiger partial charge in [0, 0.05) is 18.7 Å². The summed E-state index contributed by atoms with van der Waals surface area (Å²) in [6.45, 7) is 5.71. The van der Waals surface area contributed by atoms with E-state index in [1.54, 1.807) is 4.90 Å². The topological polar surface area (TPSA) is 102 Å². The molecule has 3 amide bonds. The molecule has 0 bridgehead atoms. The third-order valence-corrected chi connectivity index (χ3v) is 4.90. The number of methoxy groups -OCH3 is 1. The Balaban J connectivity index is 2.06. The monoisotopic (exact) mass is 390 g/mol. The lowest BCUT2D eigenvalue weighted by atomic mass is 9.96. The first-order chi connectivity index (χ1) is 13.3. The average Bonchev–Trinajstić information content (AvgIpc) is 3.08. The highest BCUT2D eigenvalue weighted by Crippen LogP contribution is 2.33. The highest BCUT2D eigenvalue weighted by atomic mass is 16.6. The number of anilines is 1. The van der Waals surface area contributed by atoms with Crippen molar-refractivity contribution in [2.75, 3.05) is 18.6 Å². The van der Waals surface area contributed by atoms with Gasteiger partial charge in [-0.1, -0.05) is 32.0 Å². The predicted octanol–water partition coefficient (Wildman–Crippen LogP) is 2.37. The zero-order chi connectivity index (χ0) is 20.8. The van der Waals surface area contributed by atoms with Gasteiger partial charge in [0.1, 0.15) is 0 Å². The van der Waals surface area contributed by atoms with Crippen molar-refractivity contribution in [3.05, 3.63) is 29.8 Å². The van der Waals surface area contributed by atoms with Crippen LogP contribution in [0.2, 0.25) is 0 Å². The van der Waals surface area contributed by atoms with Gasteiger partial charge in [-0.3, -0.25) is 19.7 Å². The van der Waals surface area contributed by atoms with Crippen molar-refractivity contribution in [1.29, 1.82) is 0 Å². The maximum absolute atomic E-state index is 12.5. The lowest BCUT2D eigenvalue weighted by Crippen LogP contribution is -2.40. The summed E-state index contributed by atoms with van der Waals surface area (Å²) in [4.78, 5) is 49.4. The molecule has 0 unspecified atom stereocenters. The molecule has 1 heterocycles. The second-order valence-electron chi connectivity index (χ2n) is 6.83. The molecule has 1 aromatic carbocycles. The molecule has 0 spiro atoms. The third kappa shape index (κ3) is 4.88. The standard InChI is InChI=1S/C20H26N2O6/c1-5-12(2)15-8-6-7-9-16(15)22-11-14(10-17(22)23)19(25)28-13(3)18(24)21-20(26)27-4/h6-9,12-14H,5,10-11H2,1-4H3,(H,21,24,26)/t12-,13-,14+/m0/s1. The van der Waals surface area contributed by atoms with Crippen LogP contribution in [0, 0.1) is 5.92 Å². The number of amides is 3. The van der Waals surface area contributed by atoms with Crippen LogP contribution in [-0.4, -0.2) is 43.6 Å². The van der Waals surface area contributed by atoms with E-state index in [1.807, 2.05) is 29.6 Å². The van der Waals surface area contributed by atoms with E-state index >= 15 is 0 Å². The highest BCUT2D eigenvalue weighted by molar-refractivity contribution is 6.00. The van der Waals surface area contributed by atoms with Crippen LogP contribution < -0.4 is 10.2 Å². The van der Waals surface area contributed by atoms with E-state index in [0.29, 0.717) is 0 Å².